The average molecular weight is 396 g/mol. The number of fused-ring (bicyclic) bond motifs is 1. The lowest BCUT2D eigenvalue weighted by Crippen LogP contribution is -2.16. The summed E-state index contributed by atoms with van der Waals surface area (Å²) in [5.41, 5.74) is 0.728. The first-order valence-corrected chi connectivity index (χ1v) is 8.73. The highest BCUT2D eigenvalue weighted by molar-refractivity contribution is 6.04. The minimum Gasteiger partial charge on any atom is -0.306 e. The van der Waals surface area contributed by atoms with E-state index in [4.69, 9.17) is 0 Å². The van der Waals surface area contributed by atoms with Crippen LogP contribution >= 0.6 is 0 Å². The molecule has 0 aliphatic carbocycles. The highest BCUT2D eigenvalue weighted by atomic mass is 19.4. The molecule has 0 bridgehead atoms. The number of aromatic nitrogens is 3. The number of hydrogen-bond donors (Lipinski definition) is 1. The van der Waals surface area contributed by atoms with Gasteiger partial charge < -0.3 is 5.32 Å². The van der Waals surface area contributed by atoms with Crippen LogP contribution in [0.15, 0.2) is 66.7 Å². The fourth-order valence-corrected chi connectivity index (χ4v) is 2.94. The summed E-state index contributed by atoms with van der Waals surface area (Å²) in [6.45, 7) is 1.77. The highest BCUT2D eigenvalue weighted by Crippen LogP contribution is 2.29. The van der Waals surface area contributed by atoms with Gasteiger partial charge >= 0.3 is 6.18 Å². The first-order chi connectivity index (χ1) is 13.8. The molecule has 0 radical (unpaired) electrons. The topological polar surface area (TPSA) is 59.8 Å². The van der Waals surface area contributed by atoms with Gasteiger partial charge in [-0.2, -0.15) is 23.0 Å². The SMILES string of the molecule is Cc1cc(NC(=O)c2ccc(C(F)(F)F)cc2)n(-c2ccc3ccccc3n2)n1. The molecule has 4 rings (SSSR count). The summed E-state index contributed by atoms with van der Waals surface area (Å²) in [6.07, 6.45) is -4.45. The molecule has 0 unspecified atom stereocenters. The maximum absolute atomic E-state index is 12.7. The van der Waals surface area contributed by atoms with E-state index in [1.807, 2.05) is 30.3 Å². The van der Waals surface area contributed by atoms with Gasteiger partial charge in [-0.3, -0.25) is 4.79 Å². The average Bonchev–Trinajstić information content (AvgIpc) is 3.07. The molecule has 1 amide bonds. The Balaban J connectivity index is 1.63. The summed E-state index contributed by atoms with van der Waals surface area (Å²) in [6, 6.07) is 17.0. The number of aryl methyl sites for hydroxylation is 1. The number of amides is 1. The molecule has 0 saturated heterocycles. The van der Waals surface area contributed by atoms with E-state index in [1.54, 1.807) is 19.1 Å². The van der Waals surface area contributed by atoms with Crippen LogP contribution in [0.1, 0.15) is 21.6 Å². The predicted molar refractivity (Wildman–Crippen MR) is 103 cm³/mol. The van der Waals surface area contributed by atoms with Crippen LogP contribution in [0.5, 0.6) is 0 Å². The van der Waals surface area contributed by atoms with Crippen molar-refractivity contribution < 1.29 is 18.0 Å². The van der Waals surface area contributed by atoms with Crippen LogP contribution in [0.4, 0.5) is 19.0 Å². The Morgan fingerprint density at radius 1 is 1.00 bits per heavy atom. The molecule has 146 valence electrons. The van der Waals surface area contributed by atoms with Gasteiger partial charge in [0.15, 0.2) is 5.82 Å². The van der Waals surface area contributed by atoms with E-state index >= 15 is 0 Å². The van der Waals surface area contributed by atoms with Gasteiger partial charge in [-0.15, -0.1) is 0 Å². The van der Waals surface area contributed by atoms with Gasteiger partial charge in [0.05, 0.1) is 16.8 Å². The zero-order valence-corrected chi connectivity index (χ0v) is 15.2. The van der Waals surface area contributed by atoms with Crippen LogP contribution in [-0.4, -0.2) is 20.7 Å². The number of para-hydroxylation sites is 1. The maximum Gasteiger partial charge on any atom is 0.416 e. The van der Waals surface area contributed by atoms with Gasteiger partial charge in [0, 0.05) is 17.0 Å². The molecule has 0 aliphatic rings. The number of carbonyl (C=O) groups is 1. The molecule has 2 aromatic heterocycles. The number of rotatable bonds is 3. The van der Waals surface area contributed by atoms with Gasteiger partial charge in [-0.1, -0.05) is 18.2 Å². The molecule has 0 spiro atoms. The largest absolute Gasteiger partial charge is 0.416 e. The van der Waals surface area contributed by atoms with Crippen molar-refractivity contribution in [1.29, 1.82) is 0 Å². The lowest BCUT2D eigenvalue weighted by Gasteiger charge is -2.10. The Labute approximate surface area is 163 Å². The van der Waals surface area contributed by atoms with Gasteiger partial charge in [0.25, 0.3) is 5.91 Å². The number of benzene rings is 2. The second-order valence-corrected chi connectivity index (χ2v) is 6.47. The van der Waals surface area contributed by atoms with E-state index in [9.17, 15) is 18.0 Å². The monoisotopic (exact) mass is 396 g/mol. The zero-order chi connectivity index (χ0) is 20.6. The van der Waals surface area contributed by atoms with E-state index in [0.717, 1.165) is 35.2 Å². The molecule has 0 aliphatic heterocycles. The van der Waals surface area contributed by atoms with E-state index < -0.39 is 17.6 Å². The number of halogens is 3. The van der Waals surface area contributed by atoms with Crippen molar-refractivity contribution >= 4 is 22.6 Å². The van der Waals surface area contributed by atoms with Gasteiger partial charge in [-0.25, -0.2) is 4.98 Å². The van der Waals surface area contributed by atoms with Crippen LogP contribution in [0.2, 0.25) is 0 Å². The summed E-state index contributed by atoms with van der Waals surface area (Å²) in [7, 11) is 0. The Hall–Kier alpha value is -3.68. The fraction of sp³-hybridized carbons (Fsp3) is 0.0952. The molecular formula is C21H15F3N4O. The third kappa shape index (κ3) is 3.82. The molecule has 0 atom stereocenters. The summed E-state index contributed by atoms with van der Waals surface area (Å²) < 4.78 is 39.6. The van der Waals surface area contributed by atoms with Crippen molar-refractivity contribution in [3.8, 4) is 5.82 Å². The predicted octanol–water partition coefficient (Wildman–Crippen LogP) is 5.00. The molecule has 29 heavy (non-hydrogen) atoms. The Kier molecular flexibility index (Phi) is 4.54. The molecule has 2 aromatic carbocycles. The minimum absolute atomic E-state index is 0.106. The van der Waals surface area contributed by atoms with Crippen LogP contribution in [0, 0.1) is 6.92 Å². The van der Waals surface area contributed by atoms with Crippen LogP contribution in [-0.2, 0) is 6.18 Å². The molecule has 5 nitrogen and oxygen atoms in total. The third-order valence-electron chi connectivity index (χ3n) is 4.35. The molecule has 0 saturated carbocycles. The standard InChI is InChI=1S/C21H15F3N4O/c1-13-12-19(26-20(29)15-6-9-16(10-7-15)21(22,23)24)28(27-13)18-11-8-14-4-2-3-5-17(14)25-18/h2-12H,1H3,(H,26,29). The van der Waals surface area contributed by atoms with Crippen LogP contribution < -0.4 is 5.32 Å². The summed E-state index contributed by atoms with van der Waals surface area (Å²) in [4.78, 5) is 17.1. The first kappa shape index (κ1) is 18.7. The van der Waals surface area contributed by atoms with Crippen LogP contribution in [0.3, 0.4) is 0 Å². The van der Waals surface area contributed by atoms with Crippen molar-refractivity contribution in [3.63, 3.8) is 0 Å². The number of pyridine rings is 1. The fourth-order valence-electron chi connectivity index (χ4n) is 2.94. The van der Waals surface area contributed by atoms with Crippen molar-refractivity contribution in [2.24, 2.45) is 0 Å². The van der Waals surface area contributed by atoms with Crippen molar-refractivity contribution in [1.82, 2.24) is 14.8 Å². The summed E-state index contributed by atoms with van der Waals surface area (Å²) in [5, 5.41) is 8.03. The lowest BCUT2D eigenvalue weighted by atomic mass is 10.1. The smallest absolute Gasteiger partial charge is 0.306 e. The molecular weight excluding hydrogens is 381 g/mol. The lowest BCUT2D eigenvalue weighted by molar-refractivity contribution is -0.137. The molecule has 2 heterocycles. The van der Waals surface area contributed by atoms with Crippen LogP contribution in [0.25, 0.3) is 16.7 Å². The summed E-state index contributed by atoms with van der Waals surface area (Å²) >= 11 is 0. The Bertz CT molecular complexity index is 1200. The molecule has 1 N–H and O–H groups in total. The van der Waals surface area contributed by atoms with Gasteiger partial charge in [0.2, 0.25) is 0 Å². The van der Waals surface area contributed by atoms with E-state index in [2.05, 4.69) is 15.4 Å². The second-order valence-electron chi connectivity index (χ2n) is 6.47. The Morgan fingerprint density at radius 2 is 1.72 bits per heavy atom. The van der Waals surface area contributed by atoms with Gasteiger partial charge in [-0.05, 0) is 49.4 Å². The molecule has 4 aromatic rings. The number of nitrogens with zero attached hydrogens (tertiary/aromatic N) is 3. The number of alkyl halides is 3. The number of hydrogen-bond acceptors (Lipinski definition) is 3. The number of nitrogens with one attached hydrogen (secondary N) is 1. The summed E-state index contributed by atoms with van der Waals surface area (Å²) in [5.74, 6) is 0.343. The number of anilines is 1. The molecule has 0 fully saturated rings. The zero-order valence-electron chi connectivity index (χ0n) is 15.2. The van der Waals surface area contributed by atoms with Crippen molar-refractivity contribution in [3.05, 3.63) is 83.6 Å². The highest BCUT2D eigenvalue weighted by Gasteiger charge is 2.30. The van der Waals surface area contributed by atoms with E-state index in [-0.39, 0.29) is 5.56 Å². The van der Waals surface area contributed by atoms with E-state index in [1.165, 1.54) is 4.68 Å². The second kappa shape index (κ2) is 7.05. The van der Waals surface area contributed by atoms with Gasteiger partial charge in [0.1, 0.15) is 5.82 Å². The molecule has 8 heteroatoms. The third-order valence-corrected chi connectivity index (χ3v) is 4.35. The minimum atomic E-state index is -4.45. The van der Waals surface area contributed by atoms with E-state index in [0.29, 0.717) is 17.3 Å². The van der Waals surface area contributed by atoms with Crippen molar-refractivity contribution in [2.45, 2.75) is 13.1 Å². The first-order valence-electron chi connectivity index (χ1n) is 8.73. The normalized spacial score (nSPS) is 11.6. The van der Waals surface area contributed by atoms with Crippen molar-refractivity contribution in [2.75, 3.05) is 5.32 Å². The quantitative estimate of drug-likeness (QED) is 0.530. The Morgan fingerprint density at radius 3 is 2.45 bits per heavy atom. The maximum atomic E-state index is 12.7. The number of carbonyl (C=O) groups excluding carboxylic acids is 1.